The van der Waals surface area contributed by atoms with Gasteiger partial charge in [-0.2, -0.15) is 5.10 Å². The Bertz CT molecular complexity index is 965. The van der Waals surface area contributed by atoms with Gasteiger partial charge in [-0.1, -0.05) is 27.5 Å². The van der Waals surface area contributed by atoms with E-state index in [1.54, 1.807) is 30.5 Å². The second-order valence-electron chi connectivity index (χ2n) is 5.17. The normalized spacial score (nSPS) is 10.6. The van der Waals surface area contributed by atoms with E-state index in [9.17, 15) is 9.18 Å². The van der Waals surface area contributed by atoms with E-state index in [0.717, 1.165) is 0 Å². The minimum atomic E-state index is -0.539. The molecule has 0 aliphatic heterocycles. The molecule has 3 aromatic rings. The Kier molecular flexibility index (Phi) is 5.95. The number of nitrogens with one attached hydrogen (secondary N) is 1. The second-order valence-corrected chi connectivity index (χ2v) is 7.37. The van der Waals surface area contributed by atoms with E-state index in [4.69, 9.17) is 16.3 Å². The van der Waals surface area contributed by atoms with Gasteiger partial charge in [0.05, 0.1) is 10.2 Å². The largest absolute Gasteiger partial charge is 0.470 e. The maximum Gasteiger partial charge on any atom is 0.276 e. The average Bonchev–Trinajstić information content (AvgIpc) is 3.06. The first-order chi connectivity index (χ1) is 12.4. The summed E-state index contributed by atoms with van der Waals surface area (Å²) in [5, 5.41) is 7.19. The number of halogens is 4. The Morgan fingerprint density at radius 1 is 1.23 bits per heavy atom. The standard InChI is InChI=1S/C17H11Br2ClFN3O2/c18-10-1-3-14(13(21)7-10)22-17(25)15-5-6-24(23-15)9-26-16-4-2-11(20)8-12(16)19/h1-8H,9H2,(H,22,25). The summed E-state index contributed by atoms with van der Waals surface area (Å²) in [6, 6.07) is 11.0. The van der Waals surface area contributed by atoms with Gasteiger partial charge in [0.2, 0.25) is 0 Å². The lowest BCUT2D eigenvalue weighted by Crippen LogP contribution is -2.15. The average molecular weight is 504 g/mol. The van der Waals surface area contributed by atoms with Crippen LogP contribution in [0.3, 0.4) is 0 Å². The van der Waals surface area contributed by atoms with Gasteiger partial charge in [-0.25, -0.2) is 9.07 Å². The zero-order chi connectivity index (χ0) is 18.7. The predicted octanol–water partition coefficient (Wildman–Crippen LogP) is 5.49. The van der Waals surface area contributed by atoms with Crippen LogP contribution < -0.4 is 10.1 Å². The molecule has 1 aromatic heterocycles. The second kappa shape index (κ2) is 8.20. The van der Waals surface area contributed by atoms with Crippen LogP contribution in [-0.2, 0) is 6.73 Å². The third-order valence-corrected chi connectivity index (χ3v) is 4.65. The molecule has 26 heavy (non-hydrogen) atoms. The molecule has 0 atom stereocenters. The summed E-state index contributed by atoms with van der Waals surface area (Å²) < 4.78 is 22.2. The molecule has 0 aliphatic carbocycles. The monoisotopic (exact) mass is 501 g/mol. The fourth-order valence-electron chi connectivity index (χ4n) is 2.06. The van der Waals surface area contributed by atoms with Gasteiger partial charge in [0, 0.05) is 15.7 Å². The lowest BCUT2D eigenvalue weighted by atomic mass is 10.3. The zero-order valence-corrected chi connectivity index (χ0v) is 17.0. The van der Waals surface area contributed by atoms with Crippen molar-refractivity contribution >= 4 is 55.1 Å². The third-order valence-electron chi connectivity index (χ3n) is 3.30. The maximum absolute atomic E-state index is 13.8. The predicted molar refractivity (Wildman–Crippen MR) is 104 cm³/mol. The smallest absolute Gasteiger partial charge is 0.276 e. The minimum Gasteiger partial charge on any atom is -0.470 e. The maximum atomic E-state index is 13.8. The minimum absolute atomic E-state index is 0.0779. The van der Waals surface area contributed by atoms with Crippen LogP contribution in [0, 0.1) is 5.82 Å². The molecule has 0 unspecified atom stereocenters. The molecule has 1 amide bonds. The van der Waals surface area contributed by atoms with Gasteiger partial charge in [-0.15, -0.1) is 0 Å². The van der Waals surface area contributed by atoms with Crippen molar-refractivity contribution < 1.29 is 13.9 Å². The summed E-state index contributed by atoms with van der Waals surface area (Å²) in [7, 11) is 0. The van der Waals surface area contributed by atoms with Gasteiger partial charge in [-0.3, -0.25) is 4.79 Å². The van der Waals surface area contributed by atoms with Crippen LogP contribution in [0.25, 0.3) is 0 Å². The van der Waals surface area contributed by atoms with Gasteiger partial charge >= 0.3 is 0 Å². The van der Waals surface area contributed by atoms with Crippen molar-refractivity contribution in [2.75, 3.05) is 5.32 Å². The summed E-state index contributed by atoms with van der Waals surface area (Å²) in [5.74, 6) is -0.464. The molecular formula is C17H11Br2ClFN3O2. The number of benzene rings is 2. The van der Waals surface area contributed by atoms with Crippen molar-refractivity contribution in [3.05, 3.63) is 74.1 Å². The summed E-state index contributed by atoms with van der Waals surface area (Å²) in [5.41, 5.74) is 0.222. The Balaban J connectivity index is 1.64. The lowest BCUT2D eigenvalue weighted by molar-refractivity contribution is 0.101. The van der Waals surface area contributed by atoms with E-state index in [2.05, 4.69) is 42.3 Å². The van der Waals surface area contributed by atoms with Crippen LogP contribution in [-0.4, -0.2) is 15.7 Å². The van der Waals surface area contributed by atoms with Gasteiger partial charge in [0.1, 0.15) is 11.6 Å². The highest BCUT2D eigenvalue weighted by molar-refractivity contribution is 9.10. The van der Waals surface area contributed by atoms with Crippen molar-refractivity contribution in [1.82, 2.24) is 9.78 Å². The summed E-state index contributed by atoms with van der Waals surface area (Å²) in [6.45, 7) is 0.0974. The van der Waals surface area contributed by atoms with E-state index in [0.29, 0.717) is 19.7 Å². The van der Waals surface area contributed by atoms with Gasteiger partial charge in [0.25, 0.3) is 5.91 Å². The third kappa shape index (κ3) is 4.63. The summed E-state index contributed by atoms with van der Waals surface area (Å²) >= 11 is 12.4. The number of amides is 1. The van der Waals surface area contributed by atoms with E-state index in [1.807, 2.05) is 0 Å². The Hall–Kier alpha value is -1.90. The van der Waals surface area contributed by atoms with E-state index in [-0.39, 0.29) is 18.1 Å². The molecule has 9 heteroatoms. The number of hydrogen-bond donors (Lipinski definition) is 1. The molecule has 1 N–H and O–H groups in total. The molecule has 2 aromatic carbocycles. The molecule has 0 radical (unpaired) electrons. The fraction of sp³-hybridized carbons (Fsp3) is 0.0588. The van der Waals surface area contributed by atoms with Crippen molar-refractivity contribution in [3.8, 4) is 5.75 Å². The number of carbonyl (C=O) groups is 1. The van der Waals surface area contributed by atoms with Crippen molar-refractivity contribution in [1.29, 1.82) is 0 Å². The number of aromatic nitrogens is 2. The highest BCUT2D eigenvalue weighted by Gasteiger charge is 2.13. The van der Waals surface area contributed by atoms with Crippen LogP contribution in [0.2, 0.25) is 5.02 Å². The highest BCUT2D eigenvalue weighted by atomic mass is 79.9. The fourth-order valence-corrected chi connectivity index (χ4v) is 3.19. The first-order valence-electron chi connectivity index (χ1n) is 7.30. The first-order valence-corrected chi connectivity index (χ1v) is 9.26. The Labute approximate surface area is 170 Å². The van der Waals surface area contributed by atoms with Crippen LogP contribution in [0.15, 0.2) is 57.6 Å². The van der Waals surface area contributed by atoms with E-state index < -0.39 is 11.7 Å². The molecule has 0 saturated carbocycles. The zero-order valence-electron chi connectivity index (χ0n) is 13.0. The van der Waals surface area contributed by atoms with Crippen molar-refractivity contribution in [2.45, 2.75) is 6.73 Å². The van der Waals surface area contributed by atoms with Gasteiger partial charge < -0.3 is 10.1 Å². The quantitative estimate of drug-likeness (QED) is 0.501. The van der Waals surface area contributed by atoms with Crippen LogP contribution in [0.5, 0.6) is 5.75 Å². The first kappa shape index (κ1) is 18.9. The molecule has 0 saturated heterocycles. The van der Waals surface area contributed by atoms with Gasteiger partial charge in [0.15, 0.2) is 12.4 Å². The molecule has 3 rings (SSSR count). The molecule has 5 nitrogen and oxygen atoms in total. The number of nitrogens with zero attached hydrogens (tertiary/aromatic N) is 2. The van der Waals surface area contributed by atoms with Crippen LogP contribution >= 0.6 is 43.5 Å². The number of rotatable bonds is 5. The Morgan fingerprint density at radius 3 is 2.77 bits per heavy atom. The van der Waals surface area contributed by atoms with Crippen molar-refractivity contribution in [3.63, 3.8) is 0 Å². The molecule has 1 heterocycles. The van der Waals surface area contributed by atoms with Crippen LogP contribution in [0.4, 0.5) is 10.1 Å². The van der Waals surface area contributed by atoms with E-state index in [1.165, 1.54) is 22.9 Å². The van der Waals surface area contributed by atoms with E-state index >= 15 is 0 Å². The number of carbonyl (C=O) groups excluding carboxylic acids is 1. The molecule has 0 spiro atoms. The molecular weight excluding hydrogens is 492 g/mol. The van der Waals surface area contributed by atoms with Crippen molar-refractivity contribution in [2.24, 2.45) is 0 Å². The molecule has 0 aliphatic rings. The topological polar surface area (TPSA) is 56.2 Å². The Morgan fingerprint density at radius 2 is 2.04 bits per heavy atom. The summed E-state index contributed by atoms with van der Waals surface area (Å²) in [6.07, 6.45) is 1.59. The molecule has 0 fully saturated rings. The highest BCUT2D eigenvalue weighted by Crippen LogP contribution is 2.28. The lowest BCUT2D eigenvalue weighted by Gasteiger charge is -2.08. The summed E-state index contributed by atoms with van der Waals surface area (Å²) in [4.78, 5) is 12.2. The number of ether oxygens (including phenoxy) is 1. The number of hydrogen-bond acceptors (Lipinski definition) is 3. The number of anilines is 1. The molecule has 0 bridgehead atoms. The van der Waals surface area contributed by atoms with Crippen LogP contribution in [0.1, 0.15) is 10.5 Å². The van der Waals surface area contributed by atoms with Gasteiger partial charge in [-0.05, 0) is 58.4 Å². The molecule has 134 valence electrons. The SMILES string of the molecule is O=C(Nc1ccc(Br)cc1F)c1ccn(COc2ccc(Cl)cc2Br)n1.